The van der Waals surface area contributed by atoms with Crippen molar-refractivity contribution in [3.63, 3.8) is 0 Å². The van der Waals surface area contributed by atoms with E-state index in [1.54, 1.807) is 0 Å². The van der Waals surface area contributed by atoms with Gasteiger partial charge in [0.05, 0.1) is 12.1 Å². The van der Waals surface area contributed by atoms with Gasteiger partial charge in [-0.25, -0.2) is 0 Å². The normalized spacial score (nSPS) is 15.7. The van der Waals surface area contributed by atoms with Crippen LogP contribution in [-0.4, -0.2) is 23.0 Å². The highest BCUT2D eigenvalue weighted by Crippen LogP contribution is 2.31. The Hall–Kier alpha value is -2.04. The molecule has 0 spiro atoms. The molecule has 0 aliphatic heterocycles. The van der Waals surface area contributed by atoms with E-state index in [9.17, 15) is 4.57 Å². The number of nitrogens with zero attached hydrogens (tertiary/aromatic N) is 1. The van der Waals surface area contributed by atoms with Crippen molar-refractivity contribution in [3.8, 4) is 11.1 Å². The second-order valence-corrected chi connectivity index (χ2v) is 9.88. The number of aryl methyl sites for hydroxylation is 1. The predicted octanol–water partition coefficient (Wildman–Crippen LogP) is 6.29. The Morgan fingerprint density at radius 3 is 2.67 bits per heavy atom. The summed E-state index contributed by atoms with van der Waals surface area (Å²) in [6.45, 7) is 1.70. The van der Waals surface area contributed by atoms with E-state index >= 15 is 0 Å². The molecule has 1 unspecified atom stereocenters. The van der Waals surface area contributed by atoms with Crippen molar-refractivity contribution in [1.29, 1.82) is 0 Å². The molecule has 2 aromatic carbocycles. The van der Waals surface area contributed by atoms with E-state index < -0.39 is 8.25 Å². The van der Waals surface area contributed by atoms with Crippen LogP contribution in [0.3, 0.4) is 0 Å². The summed E-state index contributed by atoms with van der Waals surface area (Å²) in [6.07, 6.45) is 12.1. The van der Waals surface area contributed by atoms with Crippen LogP contribution in [0, 0.1) is 5.92 Å². The standard InChI is InChI=1S/C27H35N2O3P/c30-33(31)32-19-5-17-28-20-24-15-16-25(26-8-4-18-29-27(24)26)23-13-11-22(12-14-23)10-9-21-6-2-1-3-7-21/h4,8,11-16,18,21,28,33H,1-3,5-7,9-10,17,19-20H2,(H,30,31). The zero-order valence-electron chi connectivity index (χ0n) is 19.3. The lowest BCUT2D eigenvalue weighted by Gasteiger charge is -2.21. The van der Waals surface area contributed by atoms with Gasteiger partial charge >= 0.3 is 8.25 Å². The Morgan fingerprint density at radius 1 is 1.06 bits per heavy atom. The number of hydrogen-bond donors (Lipinski definition) is 2. The van der Waals surface area contributed by atoms with Gasteiger partial charge in [-0.05, 0) is 60.0 Å². The van der Waals surface area contributed by atoms with Gasteiger partial charge in [0, 0.05) is 18.1 Å². The Balaban J connectivity index is 1.40. The summed E-state index contributed by atoms with van der Waals surface area (Å²) < 4.78 is 15.3. The highest BCUT2D eigenvalue weighted by atomic mass is 31.1. The zero-order valence-corrected chi connectivity index (χ0v) is 20.3. The fourth-order valence-electron chi connectivity index (χ4n) is 4.90. The van der Waals surface area contributed by atoms with Gasteiger partial charge in [-0.2, -0.15) is 0 Å². The minimum absolute atomic E-state index is 0.288. The fraction of sp³-hybridized carbons (Fsp3) is 0.444. The van der Waals surface area contributed by atoms with Crippen LogP contribution in [0.5, 0.6) is 0 Å². The number of nitrogens with one attached hydrogen (secondary N) is 1. The van der Waals surface area contributed by atoms with Gasteiger partial charge < -0.3 is 14.7 Å². The Bertz CT molecular complexity index is 1050. The van der Waals surface area contributed by atoms with Crippen molar-refractivity contribution < 1.29 is 14.0 Å². The summed E-state index contributed by atoms with van der Waals surface area (Å²) in [4.78, 5) is 13.4. The molecule has 5 nitrogen and oxygen atoms in total. The quantitative estimate of drug-likeness (QED) is 0.257. The molecule has 1 heterocycles. The second kappa shape index (κ2) is 12.4. The molecule has 3 aromatic rings. The lowest BCUT2D eigenvalue weighted by Crippen LogP contribution is -2.16. The van der Waals surface area contributed by atoms with Crippen molar-refractivity contribution in [2.24, 2.45) is 5.92 Å². The number of hydrogen-bond acceptors (Lipinski definition) is 4. The summed E-state index contributed by atoms with van der Waals surface area (Å²) in [5.41, 5.74) is 6.03. The fourth-order valence-corrected chi connectivity index (χ4v) is 5.22. The second-order valence-electron chi connectivity index (χ2n) is 9.06. The molecule has 0 amide bonds. The maximum atomic E-state index is 10.6. The third-order valence-corrected chi connectivity index (χ3v) is 7.17. The lowest BCUT2D eigenvalue weighted by atomic mass is 9.85. The third-order valence-electron chi connectivity index (χ3n) is 6.72. The van der Waals surface area contributed by atoms with E-state index in [0.717, 1.165) is 22.4 Å². The van der Waals surface area contributed by atoms with Crippen LogP contribution < -0.4 is 5.32 Å². The topological polar surface area (TPSA) is 71.5 Å². The Morgan fingerprint density at radius 2 is 1.88 bits per heavy atom. The first kappa shape index (κ1) is 24.1. The van der Waals surface area contributed by atoms with Crippen LogP contribution in [0.25, 0.3) is 22.0 Å². The average molecular weight is 467 g/mol. The van der Waals surface area contributed by atoms with Crippen molar-refractivity contribution in [2.45, 2.75) is 57.9 Å². The molecule has 1 atom stereocenters. The minimum Gasteiger partial charge on any atom is -0.326 e. The van der Waals surface area contributed by atoms with E-state index in [2.05, 4.69) is 52.8 Å². The Kier molecular flexibility index (Phi) is 9.08. The molecular weight excluding hydrogens is 431 g/mol. The lowest BCUT2D eigenvalue weighted by molar-refractivity contribution is 0.276. The van der Waals surface area contributed by atoms with E-state index in [4.69, 9.17) is 9.42 Å². The molecule has 176 valence electrons. The number of aromatic nitrogens is 1. The first-order valence-corrected chi connectivity index (χ1v) is 13.5. The summed E-state index contributed by atoms with van der Waals surface area (Å²) >= 11 is 0. The third kappa shape index (κ3) is 6.97. The zero-order chi connectivity index (χ0) is 22.9. The van der Waals surface area contributed by atoms with Gasteiger partial charge in [-0.3, -0.25) is 9.55 Å². The van der Waals surface area contributed by atoms with Crippen LogP contribution in [0.15, 0.2) is 54.7 Å². The molecule has 33 heavy (non-hydrogen) atoms. The smallest absolute Gasteiger partial charge is 0.316 e. The SMILES string of the molecule is O=[PH](O)OCCCNCc1ccc(-c2ccc(CCC3CCCCC3)cc2)c2cccnc12. The number of pyridine rings is 1. The molecule has 0 saturated heterocycles. The molecule has 1 fully saturated rings. The highest BCUT2D eigenvalue weighted by Gasteiger charge is 2.13. The molecule has 0 radical (unpaired) electrons. The van der Waals surface area contributed by atoms with Crippen molar-refractivity contribution >= 4 is 19.2 Å². The minimum atomic E-state index is -2.83. The van der Waals surface area contributed by atoms with E-state index in [1.165, 1.54) is 61.6 Å². The van der Waals surface area contributed by atoms with Gasteiger partial charge in [-0.15, -0.1) is 0 Å². The maximum absolute atomic E-state index is 10.6. The Labute approximate surface area is 197 Å². The van der Waals surface area contributed by atoms with Gasteiger partial charge in [-0.1, -0.05) is 74.6 Å². The van der Waals surface area contributed by atoms with E-state index in [1.807, 2.05) is 12.3 Å². The monoisotopic (exact) mass is 466 g/mol. The van der Waals surface area contributed by atoms with E-state index in [0.29, 0.717) is 19.5 Å². The first-order valence-electron chi connectivity index (χ1n) is 12.2. The van der Waals surface area contributed by atoms with Gasteiger partial charge in [0.25, 0.3) is 0 Å². The van der Waals surface area contributed by atoms with E-state index in [-0.39, 0.29) is 6.61 Å². The number of benzene rings is 2. The molecule has 1 aliphatic rings. The molecule has 1 saturated carbocycles. The van der Waals surface area contributed by atoms with Crippen LogP contribution in [-0.2, 0) is 22.1 Å². The largest absolute Gasteiger partial charge is 0.326 e. The summed E-state index contributed by atoms with van der Waals surface area (Å²) in [5.74, 6) is 0.918. The number of fused-ring (bicyclic) bond motifs is 1. The van der Waals surface area contributed by atoms with Crippen LogP contribution >= 0.6 is 8.25 Å². The molecule has 4 rings (SSSR count). The maximum Gasteiger partial charge on any atom is 0.316 e. The average Bonchev–Trinajstić information content (AvgIpc) is 2.85. The molecule has 1 aromatic heterocycles. The number of rotatable bonds is 11. The van der Waals surface area contributed by atoms with Gasteiger partial charge in [0.15, 0.2) is 0 Å². The molecule has 0 bridgehead atoms. The molecular formula is C27H35N2O3P. The predicted molar refractivity (Wildman–Crippen MR) is 136 cm³/mol. The summed E-state index contributed by atoms with van der Waals surface area (Å²) in [5, 5.41) is 4.54. The highest BCUT2D eigenvalue weighted by molar-refractivity contribution is 7.32. The van der Waals surface area contributed by atoms with Crippen LogP contribution in [0.2, 0.25) is 0 Å². The van der Waals surface area contributed by atoms with Crippen LogP contribution in [0.4, 0.5) is 0 Å². The first-order chi connectivity index (χ1) is 16.2. The molecule has 6 heteroatoms. The van der Waals surface area contributed by atoms with Crippen molar-refractivity contribution in [3.05, 3.63) is 65.9 Å². The van der Waals surface area contributed by atoms with Crippen molar-refractivity contribution in [2.75, 3.05) is 13.2 Å². The summed E-state index contributed by atoms with van der Waals surface area (Å²) in [6, 6.07) is 17.6. The molecule has 1 aliphatic carbocycles. The molecule has 2 N–H and O–H groups in total. The van der Waals surface area contributed by atoms with Gasteiger partial charge in [0.2, 0.25) is 0 Å². The summed E-state index contributed by atoms with van der Waals surface area (Å²) in [7, 11) is -2.83. The van der Waals surface area contributed by atoms with Gasteiger partial charge in [0.1, 0.15) is 0 Å². The van der Waals surface area contributed by atoms with Crippen LogP contribution in [0.1, 0.15) is 56.1 Å². The van der Waals surface area contributed by atoms with Crippen molar-refractivity contribution in [1.82, 2.24) is 10.3 Å².